The number of ether oxygens (including phenoxy) is 1. The molecule has 0 aliphatic carbocycles. The lowest BCUT2D eigenvalue weighted by Gasteiger charge is -2.56. The van der Waals surface area contributed by atoms with E-state index in [0.29, 0.717) is 0 Å². The monoisotopic (exact) mass is 839 g/mol. The summed E-state index contributed by atoms with van der Waals surface area (Å²) >= 11 is 0. The first kappa shape index (κ1) is 47.8. The zero-order chi connectivity index (χ0) is 45.6. The molecule has 63 heavy (non-hydrogen) atoms. The van der Waals surface area contributed by atoms with Crippen LogP contribution in [-0.2, 0) is 37.2 Å². The molecular weight excluding hydrogens is 761 g/mol. The van der Waals surface area contributed by atoms with E-state index in [1.807, 2.05) is 0 Å². The molecule has 0 saturated heterocycles. The zero-order valence-corrected chi connectivity index (χ0v) is 41.0. The summed E-state index contributed by atoms with van der Waals surface area (Å²) in [7, 11) is 0. The Labute approximate surface area is 383 Å². The Morgan fingerprint density at radius 3 is 0.476 bits per heavy atom. The fourth-order valence-electron chi connectivity index (χ4n) is 11.8. The highest BCUT2D eigenvalue weighted by Gasteiger charge is 2.54. The predicted molar refractivity (Wildman–Crippen MR) is 271 cm³/mol. The van der Waals surface area contributed by atoms with Gasteiger partial charge in [0.2, 0.25) is 0 Å². The van der Waals surface area contributed by atoms with Gasteiger partial charge < -0.3 is 4.74 Å². The van der Waals surface area contributed by atoms with E-state index in [2.05, 4.69) is 265 Å². The van der Waals surface area contributed by atoms with Crippen LogP contribution >= 0.6 is 0 Å². The third-order valence-electron chi connectivity index (χ3n) is 14.3. The molecule has 0 bridgehead atoms. The van der Waals surface area contributed by atoms with Gasteiger partial charge in [-0.25, -0.2) is 0 Å². The summed E-state index contributed by atoms with van der Waals surface area (Å²) in [5.74, 6) is 0. The topological polar surface area (TPSA) is 9.23 Å². The van der Waals surface area contributed by atoms with Crippen LogP contribution in [0.3, 0.4) is 0 Å². The third kappa shape index (κ3) is 11.9. The SMILES string of the molecule is CC(C)(CC(CC(C)(C)c1ccccc1)(CC(C)(C)c1ccccc1)OC(CC(C)(C)c1ccccc1)(CC(C)(C)c1ccccc1)CC(C)(C)c1ccccc1)c1ccccc1. The molecule has 0 aliphatic heterocycles. The molecule has 0 amide bonds. The average molecular weight is 839 g/mol. The Hall–Kier alpha value is -4.72. The van der Waals surface area contributed by atoms with Crippen molar-refractivity contribution in [1.29, 1.82) is 0 Å². The molecule has 0 N–H and O–H groups in total. The summed E-state index contributed by atoms with van der Waals surface area (Å²) < 4.78 is 8.97. The van der Waals surface area contributed by atoms with Crippen LogP contribution in [0.4, 0.5) is 0 Å². The first-order valence-electron chi connectivity index (χ1n) is 23.6. The van der Waals surface area contributed by atoms with Crippen LogP contribution in [-0.4, -0.2) is 11.2 Å². The van der Waals surface area contributed by atoms with Crippen molar-refractivity contribution in [2.45, 2.75) is 165 Å². The van der Waals surface area contributed by atoms with Crippen molar-refractivity contribution < 1.29 is 4.74 Å². The number of hydrogen-bond donors (Lipinski definition) is 0. The molecule has 6 aromatic rings. The lowest BCUT2D eigenvalue weighted by molar-refractivity contribution is -0.209. The molecule has 0 heterocycles. The van der Waals surface area contributed by atoms with Gasteiger partial charge in [0.05, 0.1) is 11.2 Å². The normalized spacial score (nSPS) is 13.5. The minimum Gasteiger partial charge on any atom is -0.368 e. The minimum absolute atomic E-state index is 0.217. The molecule has 1 heteroatoms. The van der Waals surface area contributed by atoms with Crippen LogP contribution in [0, 0.1) is 0 Å². The quantitative estimate of drug-likeness (QED) is 0.0744. The van der Waals surface area contributed by atoms with E-state index in [-0.39, 0.29) is 32.5 Å². The van der Waals surface area contributed by atoms with Crippen molar-refractivity contribution in [3.63, 3.8) is 0 Å². The smallest absolute Gasteiger partial charge is 0.0715 e. The fraction of sp³-hybridized carbons (Fsp3) is 0.419. The molecule has 1 nitrogen and oxygen atoms in total. The van der Waals surface area contributed by atoms with Gasteiger partial charge in [0.25, 0.3) is 0 Å². The maximum absolute atomic E-state index is 8.97. The molecule has 6 rings (SSSR count). The highest BCUT2D eigenvalue weighted by molar-refractivity contribution is 5.33. The average Bonchev–Trinajstić information content (AvgIpc) is 3.24. The van der Waals surface area contributed by atoms with E-state index in [9.17, 15) is 0 Å². The van der Waals surface area contributed by atoms with E-state index in [4.69, 9.17) is 4.74 Å². The van der Waals surface area contributed by atoms with Crippen LogP contribution in [0.1, 0.15) is 155 Å². The maximum Gasteiger partial charge on any atom is 0.0715 e. The second kappa shape index (κ2) is 18.8. The third-order valence-corrected chi connectivity index (χ3v) is 14.3. The lowest BCUT2D eigenvalue weighted by atomic mass is 9.60. The highest BCUT2D eigenvalue weighted by Crippen LogP contribution is 2.55. The van der Waals surface area contributed by atoms with Crippen LogP contribution < -0.4 is 0 Å². The highest BCUT2D eigenvalue weighted by atomic mass is 16.5. The van der Waals surface area contributed by atoms with Crippen LogP contribution in [0.15, 0.2) is 182 Å². The Bertz CT molecular complexity index is 1860. The van der Waals surface area contributed by atoms with Gasteiger partial charge in [-0.05, 0) is 104 Å². The van der Waals surface area contributed by atoms with Gasteiger partial charge in [0, 0.05) is 0 Å². The molecule has 0 atom stereocenters. The lowest BCUT2D eigenvalue weighted by Crippen LogP contribution is -2.56. The fourth-order valence-corrected chi connectivity index (χ4v) is 11.8. The van der Waals surface area contributed by atoms with Crippen molar-refractivity contribution in [3.05, 3.63) is 215 Å². The minimum atomic E-state index is -0.607. The van der Waals surface area contributed by atoms with Gasteiger partial charge >= 0.3 is 0 Å². The summed E-state index contributed by atoms with van der Waals surface area (Å²) in [6, 6.07) is 67.3. The largest absolute Gasteiger partial charge is 0.368 e. The Morgan fingerprint density at radius 1 is 0.222 bits per heavy atom. The van der Waals surface area contributed by atoms with E-state index in [1.165, 1.54) is 33.4 Å². The van der Waals surface area contributed by atoms with E-state index < -0.39 is 11.2 Å². The molecule has 0 spiro atoms. The molecule has 0 aromatic heterocycles. The second-order valence-electron chi connectivity index (χ2n) is 23.0. The van der Waals surface area contributed by atoms with Gasteiger partial charge in [0.1, 0.15) is 0 Å². The Morgan fingerprint density at radius 2 is 0.349 bits per heavy atom. The maximum atomic E-state index is 8.97. The molecule has 332 valence electrons. The van der Waals surface area contributed by atoms with Crippen molar-refractivity contribution in [1.82, 2.24) is 0 Å². The summed E-state index contributed by atoms with van der Waals surface area (Å²) in [4.78, 5) is 0. The predicted octanol–water partition coefficient (Wildman–Crippen LogP) is 16.7. The number of rotatable bonds is 20. The summed E-state index contributed by atoms with van der Waals surface area (Å²) in [6.45, 7) is 29.5. The van der Waals surface area contributed by atoms with Gasteiger partial charge in [-0.2, -0.15) is 0 Å². The van der Waals surface area contributed by atoms with Crippen LogP contribution in [0.2, 0.25) is 0 Å². The van der Waals surface area contributed by atoms with Crippen LogP contribution in [0.25, 0.3) is 0 Å². The number of hydrogen-bond acceptors (Lipinski definition) is 1. The molecule has 0 unspecified atom stereocenters. The van der Waals surface area contributed by atoms with E-state index >= 15 is 0 Å². The number of benzene rings is 6. The van der Waals surface area contributed by atoms with E-state index in [1.54, 1.807) is 0 Å². The zero-order valence-electron chi connectivity index (χ0n) is 41.0. The van der Waals surface area contributed by atoms with Crippen LogP contribution in [0.5, 0.6) is 0 Å². The van der Waals surface area contributed by atoms with Gasteiger partial charge in [-0.15, -0.1) is 0 Å². The molecule has 0 fully saturated rings. The molecule has 0 radical (unpaired) electrons. The summed E-state index contributed by atoms with van der Waals surface area (Å²) in [6.07, 6.45) is 5.09. The molecule has 0 aliphatic rings. The van der Waals surface area contributed by atoms with Gasteiger partial charge in [0.15, 0.2) is 0 Å². The van der Waals surface area contributed by atoms with Crippen molar-refractivity contribution >= 4 is 0 Å². The standard InChI is InChI=1S/C62H78O/c1-55(2,49-31-19-13-20-32-49)43-61(44-56(3,4)50-33-21-14-22-34-50,45-57(5,6)51-35-23-15-24-36-51)63-62(46-58(7,8)52-37-25-16-26-38-52,47-59(9,10)53-39-27-17-28-40-53)48-60(11,12)54-41-29-18-30-42-54/h13-42H,43-48H2,1-12H3. The van der Waals surface area contributed by atoms with Crippen molar-refractivity contribution in [2.24, 2.45) is 0 Å². The summed E-state index contributed by atoms with van der Waals surface area (Å²) in [5.41, 5.74) is 5.55. The van der Waals surface area contributed by atoms with Gasteiger partial charge in [-0.1, -0.05) is 265 Å². The first-order valence-corrected chi connectivity index (χ1v) is 23.6. The molecule has 0 saturated carbocycles. The molecular formula is C62H78O. The second-order valence-corrected chi connectivity index (χ2v) is 23.0. The molecule has 6 aromatic carbocycles. The Kier molecular flexibility index (Phi) is 14.2. The van der Waals surface area contributed by atoms with Gasteiger partial charge in [-0.3, -0.25) is 0 Å². The Balaban J connectivity index is 1.69. The van der Waals surface area contributed by atoms with Crippen molar-refractivity contribution in [2.75, 3.05) is 0 Å². The van der Waals surface area contributed by atoms with E-state index in [0.717, 1.165) is 38.5 Å². The summed E-state index contributed by atoms with van der Waals surface area (Å²) in [5, 5.41) is 0. The van der Waals surface area contributed by atoms with Crippen molar-refractivity contribution in [3.8, 4) is 0 Å². The first-order chi connectivity index (χ1) is 29.6.